The summed E-state index contributed by atoms with van der Waals surface area (Å²) >= 11 is 1.45. The Kier molecular flexibility index (Phi) is 6.51. The van der Waals surface area contributed by atoms with Gasteiger partial charge in [0.2, 0.25) is 11.6 Å². The van der Waals surface area contributed by atoms with E-state index < -0.39 is 17.7 Å². The maximum Gasteiger partial charge on any atom is 0.243 e. The monoisotopic (exact) mass is 479 g/mol. The predicted molar refractivity (Wildman–Crippen MR) is 132 cm³/mol. The number of carbonyl (C=O) groups excluding carboxylic acids is 2. The molecule has 6 nitrogen and oxygen atoms in total. The third-order valence-electron chi connectivity index (χ3n) is 6.84. The number of aryl methyl sites for hydroxylation is 1. The molecule has 1 unspecified atom stereocenters. The molecule has 1 atom stereocenters. The van der Waals surface area contributed by atoms with Crippen LogP contribution in [0.1, 0.15) is 41.3 Å². The van der Waals surface area contributed by atoms with E-state index in [2.05, 4.69) is 11.8 Å². The number of aliphatic hydroxyl groups excluding tert-OH is 1. The average Bonchev–Trinajstić information content (AvgIpc) is 2.88. The standard InChI is InChI=1S/C27H29NO5S/c1-2-18-7-9-20(10-8-18)32-16-19(29)15-28-13-11-27(12-14-28)17-34-26-24(31)23(30)21-5-3-4-6-22(21)25(26)33-27/h3-10,19,29H,2,11-17H2,1H3. The molecule has 178 valence electrons. The van der Waals surface area contributed by atoms with E-state index in [1.165, 1.54) is 17.3 Å². The van der Waals surface area contributed by atoms with Crippen molar-refractivity contribution in [2.75, 3.05) is 32.0 Å². The summed E-state index contributed by atoms with van der Waals surface area (Å²) in [6.07, 6.45) is 2.01. The first-order valence-electron chi connectivity index (χ1n) is 11.8. The van der Waals surface area contributed by atoms with Crippen LogP contribution < -0.4 is 4.74 Å². The molecule has 0 bridgehead atoms. The number of rotatable bonds is 6. The van der Waals surface area contributed by atoms with Crippen LogP contribution in [-0.2, 0) is 16.0 Å². The molecular weight excluding hydrogens is 450 g/mol. The highest BCUT2D eigenvalue weighted by Crippen LogP contribution is 2.47. The van der Waals surface area contributed by atoms with Gasteiger partial charge in [0.05, 0.1) is 0 Å². The number of ether oxygens (including phenoxy) is 2. The number of aliphatic hydroxyl groups is 1. The highest BCUT2D eigenvalue weighted by Gasteiger charge is 2.46. The molecular formula is C27H29NO5S. The number of allylic oxidation sites excluding steroid dienone is 1. The molecule has 0 radical (unpaired) electrons. The Bertz CT molecular complexity index is 1120. The Morgan fingerprint density at radius 2 is 1.76 bits per heavy atom. The summed E-state index contributed by atoms with van der Waals surface area (Å²) < 4.78 is 12.3. The Balaban J connectivity index is 1.17. The smallest absolute Gasteiger partial charge is 0.243 e. The van der Waals surface area contributed by atoms with Gasteiger partial charge >= 0.3 is 0 Å². The Morgan fingerprint density at radius 1 is 1.06 bits per heavy atom. The highest BCUT2D eigenvalue weighted by atomic mass is 32.2. The number of benzene rings is 2. The number of thioether (sulfide) groups is 1. The number of β-amino-alcohol motifs (C(OH)–C–C–N with tert-alkyl or cyclic N) is 1. The largest absolute Gasteiger partial charge is 0.491 e. The van der Waals surface area contributed by atoms with Crippen molar-refractivity contribution in [2.24, 2.45) is 0 Å². The van der Waals surface area contributed by atoms with Gasteiger partial charge in [-0.3, -0.25) is 9.59 Å². The molecule has 2 aromatic carbocycles. The normalized spacial score (nSPS) is 20.5. The molecule has 34 heavy (non-hydrogen) atoms. The van der Waals surface area contributed by atoms with Crippen molar-refractivity contribution >= 4 is 29.1 Å². The van der Waals surface area contributed by atoms with Crippen molar-refractivity contribution in [3.63, 3.8) is 0 Å². The van der Waals surface area contributed by atoms with Crippen LogP contribution >= 0.6 is 11.8 Å². The Morgan fingerprint density at radius 3 is 2.47 bits per heavy atom. The lowest BCUT2D eigenvalue weighted by Gasteiger charge is -2.45. The number of nitrogens with zero attached hydrogens (tertiary/aromatic N) is 1. The van der Waals surface area contributed by atoms with Crippen molar-refractivity contribution in [2.45, 2.75) is 37.9 Å². The maximum atomic E-state index is 12.6. The summed E-state index contributed by atoms with van der Waals surface area (Å²) in [4.78, 5) is 27.7. The highest BCUT2D eigenvalue weighted by molar-refractivity contribution is 8.04. The van der Waals surface area contributed by atoms with Crippen molar-refractivity contribution < 1.29 is 24.2 Å². The van der Waals surface area contributed by atoms with E-state index in [0.717, 1.165) is 43.7 Å². The lowest BCUT2D eigenvalue weighted by molar-refractivity contribution is -0.111. The summed E-state index contributed by atoms with van der Waals surface area (Å²) in [6.45, 7) is 4.49. The number of fused-ring (bicyclic) bond motifs is 2. The number of Topliss-reactive ketones (excluding diaryl/α,β-unsaturated/α-hetero) is 2. The first kappa shape index (κ1) is 23.1. The molecule has 1 aliphatic carbocycles. The lowest BCUT2D eigenvalue weighted by atomic mass is 9.90. The van der Waals surface area contributed by atoms with Gasteiger partial charge in [0.25, 0.3) is 0 Å². The molecule has 2 heterocycles. The van der Waals surface area contributed by atoms with E-state index in [0.29, 0.717) is 28.5 Å². The maximum absolute atomic E-state index is 12.6. The van der Waals surface area contributed by atoms with Crippen molar-refractivity contribution in [3.8, 4) is 5.75 Å². The molecule has 5 rings (SSSR count). The van der Waals surface area contributed by atoms with Crippen molar-refractivity contribution in [3.05, 3.63) is 70.1 Å². The SMILES string of the molecule is CCc1ccc(OCC(O)CN2CCC3(CC2)CSC2=C(O3)c3ccccc3C(=O)C2=O)cc1. The Labute approximate surface area is 203 Å². The van der Waals surface area contributed by atoms with Crippen molar-refractivity contribution in [1.29, 1.82) is 0 Å². The fraction of sp³-hybridized carbons (Fsp3) is 0.407. The van der Waals surface area contributed by atoms with E-state index in [9.17, 15) is 14.7 Å². The van der Waals surface area contributed by atoms with E-state index in [1.807, 2.05) is 36.4 Å². The van der Waals surface area contributed by atoms with Gasteiger partial charge < -0.3 is 19.5 Å². The number of piperidine rings is 1. The topological polar surface area (TPSA) is 76.1 Å². The second kappa shape index (κ2) is 9.56. The zero-order chi connectivity index (χ0) is 23.7. The third kappa shape index (κ3) is 4.52. The van der Waals surface area contributed by atoms with E-state index in [4.69, 9.17) is 9.47 Å². The minimum absolute atomic E-state index is 0.253. The van der Waals surface area contributed by atoms with Crippen LogP contribution in [0.25, 0.3) is 5.76 Å². The van der Waals surface area contributed by atoms with Gasteiger partial charge in [0.1, 0.15) is 34.7 Å². The van der Waals surface area contributed by atoms with Gasteiger partial charge in [-0.15, -0.1) is 11.8 Å². The van der Waals surface area contributed by atoms with E-state index in [1.54, 1.807) is 12.1 Å². The first-order chi connectivity index (χ1) is 16.5. The van der Waals surface area contributed by atoms with E-state index in [-0.39, 0.29) is 12.2 Å². The second-order valence-corrected chi connectivity index (χ2v) is 10.2. The van der Waals surface area contributed by atoms with Gasteiger partial charge in [0, 0.05) is 49.4 Å². The molecule has 1 N–H and O–H groups in total. The molecule has 0 saturated carbocycles. The molecule has 1 fully saturated rings. The molecule has 1 saturated heterocycles. The average molecular weight is 480 g/mol. The van der Waals surface area contributed by atoms with Crippen LogP contribution in [0.5, 0.6) is 5.75 Å². The summed E-state index contributed by atoms with van der Waals surface area (Å²) in [6, 6.07) is 15.2. The molecule has 2 aliphatic heterocycles. The van der Waals surface area contributed by atoms with Gasteiger partial charge in [-0.2, -0.15) is 0 Å². The molecule has 7 heteroatoms. The first-order valence-corrected chi connectivity index (χ1v) is 12.8. The van der Waals surface area contributed by atoms with E-state index >= 15 is 0 Å². The Hall–Kier alpha value is -2.61. The van der Waals surface area contributed by atoms with Gasteiger partial charge in [-0.1, -0.05) is 43.3 Å². The zero-order valence-corrected chi connectivity index (χ0v) is 20.1. The molecule has 0 amide bonds. The van der Waals surface area contributed by atoms with Gasteiger partial charge in [0.15, 0.2) is 0 Å². The van der Waals surface area contributed by atoms with Gasteiger partial charge in [-0.25, -0.2) is 0 Å². The summed E-state index contributed by atoms with van der Waals surface area (Å²) in [5, 5.41) is 10.5. The van der Waals surface area contributed by atoms with Crippen LogP contribution in [0.4, 0.5) is 0 Å². The summed E-state index contributed by atoms with van der Waals surface area (Å²) in [7, 11) is 0. The molecule has 0 aromatic heterocycles. The quantitative estimate of drug-likeness (QED) is 0.633. The fourth-order valence-corrected chi connectivity index (χ4v) is 6.03. The molecule has 3 aliphatic rings. The van der Waals surface area contributed by atoms with Gasteiger partial charge in [-0.05, 0) is 24.1 Å². The summed E-state index contributed by atoms with van der Waals surface area (Å²) in [5.74, 6) is 1.08. The van der Waals surface area contributed by atoms with Crippen LogP contribution in [0.3, 0.4) is 0 Å². The third-order valence-corrected chi connectivity index (χ3v) is 8.17. The fourth-order valence-electron chi connectivity index (χ4n) is 4.77. The number of carbonyl (C=O) groups is 2. The number of ketones is 2. The minimum Gasteiger partial charge on any atom is -0.491 e. The van der Waals surface area contributed by atoms with Crippen LogP contribution in [0.2, 0.25) is 0 Å². The predicted octanol–water partition coefficient (Wildman–Crippen LogP) is 3.72. The molecule has 1 spiro atoms. The van der Waals surface area contributed by atoms with Crippen LogP contribution in [0, 0.1) is 0 Å². The minimum atomic E-state index is -0.579. The van der Waals surface area contributed by atoms with Crippen LogP contribution in [-0.4, -0.2) is 65.3 Å². The second-order valence-electron chi connectivity index (χ2n) is 9.20. The zero-order valence-electron chi connectivity index (χ0n) is 19.3. The number of likely N-dealkylation sites (tertiary alicyclic amines) is 1. The summed E-state index contributed by atoms with van der Waals surface area (Å²) in [5.41, 5.74) is 2.04. The van der Waals surface area contributed by atoms with Crippen molar-refractivity contribution in [1.82, 2.24) is 4.90 Å². The van der Waals surface area contributed by atoms with Crippen LogP contribution in [0.15, 0.2) is 53.4 Å². The lowest BCUT2D eigenvalue weighted by Crippen LogP contribution is -2.51. The molecule has 2 aromatic rings. The number of hydrogen-bond acceptors (Lipinski definition) is 7. The number of hydrogen-bond donors (Lipinski definition) is 1.